The van der Waals surface area contributed by atoms with E-state index in [4.69, 9.17) is 9.47 Å². The fourth-order valence-corrected chi connectivity index (χ4v) is 2.96. The van der Waals surface area contributed by atoms with Gasteiger partial charge in [0.25, 0.3) is 0 Å². The molecular formula is C15H19NO3. The third kappa shape index (κ3) is 2.36. The van der Waals surface area contributed by atoms with Gasteiger partial charge in [0, 0.05) is 6.07 Å². The minimum atomic E-state index is -0.451. The first-order chi connectivity index (χ1) is 9.16. The highest BCUT2D eigenvalue weighted by atomic mass is 16.5. The van der Waals surface area contributed by atoms with Crippen molar-refractivity contribution in [3.8, 4) is 11.5 Å². The molecule has 0 aliphatic heterocycles. The molecule has 4 nitrogen and oxygen atoms in total. The van der Waals surface area contributed by atoms with E-state index in [1.54, 1.807) is 20.3 Å². The highest BCUT2D eigenvalue weighted by Crippen LogP contribution is 2.46. The number of nitrogens with zero attached hydrogens (tertiary/aromatic N) is 1. The molecule has 0 N–H and O–H groups in total. The molecule has 0 saturated heterocycles. The molecule has 0 amide bonds. The molecule has 1 aliphatic carbocycles. The van der Waals surface area contributed by atoms with Crippen LogP contribution in [0.5, 0.6) is 11.5 Å². The van der Waals surface area contributed by atoms with Gasteiger partial charge in [-0.3, -0.25) is 0 Å². The van der Waals surface area contributed by atoms with Crippen molar-refractivity contribution in [2.45, 2.75) is 38.1 Å². The van der Waals surface area contributed by atoms with E-state index in [0.29, 0.717) is 0 Å². The second-order valence-electron chi connectivity index (χ2n) is 4.94. The molecule has 0 radical (unpaired) electrons. The van der Waals surface area contributed by atoms with Crippen molar-refractivity contribution < 1.29 is 14.3 Å². The van der Waals surface area contributed by atoms with Gasteiger partial charge in [-0.25, -0.2) is 4.79 Å². The molecule has 0 spiro atoms. The van der Waals surface area contributed by atoms with Crippen LogP contribution in [-0.4, -0.2) is 20.3 Å². The Balaban J connectivity index is 2.62. The van der Waals surface area contributed by atoms with Crippen molar-refractivity contribution in [1.82, 2.24) is 0 Å². The third-order valence-corrected chi connectivity index (χ3v) is 3.98. The van der Waals surface area contributed by atoms with E-state index in [0.717, 1.165) is 48.3 Å². The maximum atomic E-state index is 10.8. The van der Waals surface area contributed by atoms with Crippen LogP contribution in [0.4, 0.5) is 0 Å². The van der Waals surface area contributed by atoms with E-state index in [1.165, 1.54) is 0 Å². The van der Waals surface area contributed by atoms with Gasteiger partial charge in [-0.05, 0) is 37.0 Å². The van der Waals surface area contributed by atoms with Crippen molar-refractivity contribution in [2.24, 2.45) is 4.99 Å². The molecule has 19 heavy (non-hydrogen) atoms. The van der Waals surface area contributed by atoms with E-state index in [1.807, 2.05) is 19.1 Å². The molecule has 0 bridgehead atoms. The second-order valence-corrected chi connectivity index (χ2v) is 4.94. The summed E-state index contributed by atoms with van der Waals surface area (Å²) >= 11 is 0. The number of hydrogen-bond donors (Lipinski definition) is 0. The molecule has 102 valence electrons. The van der Waals surface area contributed by atoms with Gasteiger partial charge in [0.15, 0.2) is 0 Å². The number of ether oxygens (including phenoxy) is 2. The Morgan fingerprint density at radius 2 is 1.89 bits per heavy atom. The second kappa shape index (κ2) is 5.45. The number of rotatable bonds is 4. The summed E-state index contributed by atoms with van der Waals surface area (Å²) in [6, 6.07) is 3.82. The molecule has 4 heteroatoms. The van der Waals surface area contributed by atoms with Gasteiger partial charge in [0.1, 0.15) is 11.5 Å². The van der Waals surface area contributed by atoms with Crippen molar-refractivity contribution in [2.75, 3.05) is 14.2 Å². The highest BCUT2D eigenvalue weighted by Gasteiger charge is 2.37. The van der Waals surface area contributed by atoms with E-state index < -0.39 is 5.54 Å². The van der Waals surface area contributed by atoms with Gasteiger partial charge in [0.2, 0.25) is 6.08 Å². The van der Waals surface area contributed by atoms with E-state index in [2.05, 4.69) is 4.99 Å². The molecule has 0 atom stereocenters. The predicted octanol–water partition coefficient (Wildman–Crippen LogP) is 3.12. The van der Waals surface area contributed by atoms with E-state index in [-0.39, 0.29) is 0 Å². The average Bonchev–Trinajstić information content (AvgIpc) is 2.89. The topological polar surface area (TPSA) is 47.9 Å². The number of hydrogen-bond acceptors (Lipinski definition) is 4. The summed E-state index contributed by atoms with van der Waals surface area (Å²) in [4.78, 5) is 14.9. The molecule has 0 aromatic heterocycles. The zero-order valence-electron chi connectivity index (χ0n) is 11.7. The summed E-state index contributed by atoms with van der Waals surface area (Å²) in [5, 5.41) is 0. The van der Waals surface area contributed by atoms with Gasteiger partial charge < -0.3 is 9.47 Å². The maximum Gasteiger partial charge on any atom is 0.235 e. The Morgan fingerprint density at radius 3 is 2.42 bits per heavy atom. The lowest BCUT2D eigenvalue weighted by Crippen LogP contribution is -2.20. The molecule has 1 aromatic rings. The largest absolute Gasteiger partial charge is 0.497 e. The first-order valence-electron chi connectivity index (χ1n) is 6.49. The van der Waals surface area contributed by atoms with Crippen molar-refractivity contribution >= 4 is 6.08 Å². The Kier molecular flexibility index (Phi) is 3.91. The number of carbonyl (C=O) groups excluding carboxylic acids is 1. The maximum absolute atomic E-state index is 10.8. The van der Waals surface area contributed by atoms with Crippen LogP contribution in [0, 0.1) is 6.92 Å². The smallest absolute Gasteiger partial charge is 0.235 e. The Bertz CT molecular complexity index is 512. The van der Waals surface area contributed by atoms with Crippen LogP contribution in [0.3, 0.4) is 0 Å². The summed E-state index contributed by atoms with van der Waals surface area (Å²) in [6.45, 7) is 1.99. The van der Waals surface area contributed by atoms with Crippen LogP contribution in [0.25, 0.3) is 0 Å². The minimum absolute atomic E-state index is 0.451. The zero-order valence-corrected chi connectivity index (χ0v) is 11.7. The standard InChI is InChI=1S/C15H19NO3/c1-11-13(8-12(18-2)9-14(11)19-3)15(16-10-17)6-4-5-7-15/h8-9H,4-7H2,1-3H3. The molecule has 1 aromatic carbocycles. The summed E-state index contributed by atoms with van der Waals surface area (Å²) < 4.78 is 10.7. The molecule has 1 saturated carbocycles. The van der Waals surface area contributed by atoms with Gasteiger partial charge in [-0.1, -0.05) is 12.8 Å². The van der Waals surface area contributed by atoms with Crippen molar-refractivity contribution in [3.63, 3.8) is 0 Å². The summed E-state index contributed by atoms with van der Waals surface area (Å²) in [7, 11) is 3.26. The lowest BCUT2D eigenvalue weighted by atomic mass is 9.85. The lowest BCUT2D eigenvalue weighted by molar-refractivity contribution is 0.383. The van der Waals surface area contributed by atoms with Crippen molar-refractivity contribution in [1.29, 1.82) is 0 Å². The Hall–Kier alpha value is -1.80. The predicted molar refractivity (Wildman–Crippen MR) is 72.6 cm³/mol. The summed E-state index contributed by atoms with van der Waals surface area (Å²) in [5.74, 6) is 1.49. The minimum Gasteiger partial charge on any atom is -0.497 e. The van der Waals surface area contributed by atoms with Crippen LogP contribution in [0.2, 0.25) is 0 Å². The summed E-state index contributed by atoms with van der Waals surface area (Å²) in [6.07, 6.45) is 5.64. The normalized spacial score (nSPS) is 16.8. The first kappa shape index (κ1) is 13.6. The fourth-order valence-electron chi connectivity index (χ4n) is 2.96. The highest BCUT2D eigenvalue weighted by molar-refractivity contribution is 5.51. The van der Waals surface area contributed by atoms with Gasteiger partial charge in [0.05, 0.1) is 19.8 Å². The molecule has 2 rings (SSSR count). The van der Waals surface area contributed by atoms with Crippen LogP contribution >= 0.6 is 0 Å². The number of aliphatic imine (C=N–C) groups is 1. The fraction of sp³-hybridized carbons (Fsp3) is 0.533. The first-order valence-corrected chi connectivity index (χ1v) is 6.49. The molecular weight excluding hydrogens is 242 g/mol. The van der Waals surface area contributed by atoms with Gasteiger partial charge in [-0.2, -0.15) is 4.99 Å². The van der Waals surface area contributed by atoms with Crippen LogP contribution in [-0.2, 0) is 10.3 Å². The quantitative estimate of drug-likeness (QED) is 0.618. The number of benzene rings is 1. The number of methoxy groups -OCH3 is 2. The SMILES string of the molecule is COc1cc(OC)c(C)c(C2(N=C=O)CCCC2)c1. The van der Waals surface area contributed by atoms with Gasteiger partial charge in [-0.15, -0.1) is 0 Å². The monoisotopic (exact) mass is 261 g/mol. The van der Waals surface area contributed by atoms with E-state index in [9.17, 15) is 4.79 Å². The van der Waals surface area contributed by atoms with Crippen LogP contribution in [0.1, 0.15) is 36.8 Å². The van der Waals surface area contributed by atoms with E-state index >= 15 is 0 Å². The molecule has 1 aliphatic rings. The third-order valence-electron chi connectivity index (χ3n) is 3.98. The summed E-state index contributed by atoms with van der Waals surface area (Å²) in [5.41, 5.74) is 1.59. The molecule has 1 fully saturated rings. The molecule has 0 unspecified atom stereocenters. The average molecular weight is 261 g/mol. The van der Waals surface area contributed by atoms with Crippen LogP contribution in [0.15, 0.2) is 17.1 Å². The van der Waals surface area contributed by atoms with Crippen LogP contribution < -0.4 is 9.47 Å². The zero-order chi connectivity index (χ0) is 13.9. The van der Waals surface area contributed by atoms with Crippen molar-refractivity contribution in [3.05, 3.63) is 23.3 Å². The molecule has 0 heterocycles. The Labute approximate surface area is 113 Å². The number of isocyanates is 1. The lowest BCUT2D eigenvalue weighted by Gasteiger charge is -2.26. The van der Waals surface area contributed by atoms with Gasteiger partial charge >= 0.3 is 0 Å². The Morgan fingerprint density at radius 1 is 1.21 bits per heavy atom.